The van der Waals surface area contributed by atoms with Gasteiger partial charge in [-0.2, -0.15) is 0 Å². The highest BCUT2D eigenvalue weighted by molar-refractivity contribution is 4.88. The Hall–Kier alpha value is -0.120. The van der Waals surface area contributed by atoms with Crippen LogP contribution in [0.2, 0.25) is 0 Å². The number of hydrogen-bond acceptors (Lipinski definition) is 3. The summed E-state index contributed by atoms with van der Waals surface area (Å²) >= 11 is 0. The van der Waals surface area contributed by atoms with Gasteiger partial charge in [0, 0.05) is 38.3 Å². The van der Waals surface area contributed by atoms with Crippen LogP contribution >= 0.6 is 0 Å². The van der Waals surface area contributed by atoms with Gasteiger partial charge in [-0.1, -0.05) is 0 Å². The summed E-state index contributed by atoms with van der Waals surface area (Å²) in [6.45, 7) is 11.0. The Bertz CT molecular complexity index is 171. The Morgan fingerprint density at radius 3 is 2.86 bits per heavy atom. The molecule has 0 amide bonds. The van der Waals surface area contributed by atoms with E-state index in [9.17, 15) is 0 Å². The average Bonchev–Trinajstić information content (AvgIpc) is 2.25. The molecule has 1 heterocycles. The first-order valence-electron chi connectivity index (χ1n) is 5.53. The van der Waals surface area contributed by atoms with Crippen LogP contribution in [0.5, 0.6) is 0 Å². The molecule has 0 aromatic carbocycles. The number of nitrogens with one attached hydrogen (secondary N) is 1. The first kappa shape index (κ1) is 12.0. The average molecular weight is 200 g/mol. The van der Waals surface area contributed by atoms with Gasteiger partial charge in [-0.3, -0.25) is 4.90 Å². The van der Waals surface area contributed by atoms with Gasteiger partial charge >= 0.3 is 0 Å². The Morgan fingerprint density at radius 2 is 2.21 bits per heavy atom. The van der Waals surface area contributed by atoms with E-state index in [4.69, 9.17) is 4.74 Å². The molecule has 14 heavy (non-hydrogen) atoms. The lowest BCUT2D eigenvalue weighted by atomic mass is 10.0. The molecule has 1 aliphatic heterocycles. The van der Waals surface area contributed by atoms with Crippen LogP contribution < -0.4 is 5.32 Å². The highest BCUT2D eigenvalue weighted by atomic mass is 16.5. The summed E-state index contributed by atoms with van der Waals surface area (Å²) in [6, 6.07) is 0.641. The first-order valence-corrected chi connectivity index (χ1v) is 5.53. The van der Waals surface area contributed by atoms with Gasteiger partial charge in [0.05, 0.1) is 6.61 Å². The van der Waals surface area contributed by atoms with Crippen LogP contribution in [-0.2, 0) is 4.74 Å². The quantitative estimate of drug-likeness (QED) is 0.738. The molecule has 3 heteroatoms. The molecule has 0 bridgehead atoms. The van der Waals surface area contributed by atoms with Crippen molar-refractivity contribution in [1.29, 1.82) is 0 Å². The van der Waals surface area contributed by atoms with Gasteiger partial charge in [-0.15, -0.1) is 0 Å². The number of hydrogen-bond donors (Lipinski definition) is 1. The van der Waals surface area contributed by atoms with E-state index in [1.54, 1.807) is 7.11 Å². The molecule has 0 spiro atoms. The third-order valence-electron chi connectivity index (χ3n) is 3.14. The molecule has 1 rings (SSSR count). The molecule has 0 aromatic rings. The zero-order chi connectivity index (χ0) is 10.6. The van der Waals surface area contributed by atoms with Crippen molar-refractivity contribution in [2.24, 2.45) is 0 Å². The lowest BCUT2D eigenvalue weighted by Gasteiger charge is -2.36. The Labute approximate surface area is 87.8 Å². The second kappa shape index (κ2) is 5.10. The molecular formula is C11H24N2O. The van der Waals surface area contributed by atoms with Gasteiger partial charge in [-0.05, 0) is 27.2 Å². The van der Waals surface area contributed by atoms with E-state index >= 15 is 0 Å². The Balaban J connectivity index is 2.51. The van der Waals surface area contributed by atoms with Gasteiger partial charge in [0.15, 0.2) is 0 Å². The predicted molar refractivity (Wildman–Crippen MR) is 59.6 cm³/mol. The zero-order valence-electron chi connectivity index (χ0n) is 9.97. The fourth-order valence-electron chi connectivity index (χ4n) is 1.91. The molecule has 1 unspecified atom stereocenters. The lowest BCUT2D eigenvalue weighted by molar-refractivity contribution is 0.0856. The second-order valence-electron chi connectivity index (χ2n) is 4.86. The minimum Gasteiger partial charge on any atom is -0.383 e. The molecule has 1 fully saturated rings. The summed E-state index contributed by atoms with van der Waals surface area (Å²) in [6.07, 6.45) is 1.23. The summed E-state index contributed by atoms with van der Waals surface area (Å²) < 4.78 is 5.14. The number of rotatable bonds is 3. The van der Waals surface area contributed by atoms with Crippen LogP contribution in [0.4, 0.5) is 0 Å². The summed E-state index contributed by atoms with van der Waals surface area (Å²) in [5, 5.41) is 3.56. The van der Waals surface area contributed by atoms with Gasteiger partial charge in [0.1, 0.15) is 0 Å². The van der Waals surface area contributed by atoms with Gasteiger partial charge < -0.3 is 10.1 Å². The number of nitrogens with zero attached hydrogens (tertiary/aromatic N) is 1. The molecule has 1 N–H and O–H groups in total. The molecule has 84 valence electrons. The van der Waals surface area contributed by atoms with E-state index < -0.39 is 0 Å². The lowest BCUT2D eigenvalue weighted by Crippen LogP contribution is -2.49. The van der Waals surface area contributed by atoms with Crippen molar-refractivity contribution in [3.63, 3.8) is 0 Å². The van der Waals surface area contributed by atoms with Crippen LogP contribution in [0.1, 0.15) is 27.2 Å². The molecule has 0 radical (unpaired) electrons. The first-order chi connectivity index (χ1) is 6.56. The molecule has 0 aromatic heterocycles. The minimum atomic E-state index is 0.253. The standard InChI is InChI=1S/C11H24N2O/c1-10-5-6-13(7-8-14-4)11(2,3)9-12-10/h10,12H,5-9H2,1-4H3. The fourth-order valence-corrected chi connectivity index (χ4v) is 1.91. The van der Waals surface area contributed by atoms with Crippen molar-refractivity contribution in [3.05, 3.63) is 0 Å². The normalized spacial score (nSPS) is 28.7. The third-order valence-corrected chi connectivity index (χ3v) is 3.14. The molecule has 0 saturated carbocycles. The van der Waals surface area contributed by atoms with E-state index in [-0.39, 0.29) is 5.54 Å². The number of ether oxygens (including phenoxy) is 1. The van der Waals surface area contributed by atoms with Gasteiger partial charge in [0.25, 0.3) is 0 Å². The smallest absolute Gasteiger partial charge is 0.0589 e. The van der Waals surface area contributed by atoms with E-state index in [1.807, 2.05) is 0 Å². The predicted octanol–water partition coefficient (Wildman–Crippen LogP) is 1.10. The second-order valence-corrected chi connectivity index (χ2v) is 4.86. The molecule has 3 nitrogen and oxygen atoms in total. The highest BCUT2D eigenvalue weighted by Crippen LogP contribution is 2.17. The summed E-state index contributed by atoms with van der Waals surface area (Å²) in [5.41, 5.74) is 0.253. The molecule has 1 saturated heterocycles. The van der Waals surface area contributed by atoms with E-state index in [1.165, 1.54) is 13.0 Å². The maximum Gasteiger partial charge on any atom is 0.0589 e. The van der Waals surface area contributed by atoms with Crippen molar-refractivity contribution >= 4 is 0 Å². The van der Waals surface area contributed by atoms with Crippen LogP contribution in [0.15, 0.2) is 0 Å². The molecule has 1 aliphatic rings. The van der Waals surface area contributed by atoms with Gasteiger partial charge in [0.2, 0.25) is 0 Å². The van der Waals surface area contributed by atoms with Crippen molar-refractivity contribution in [3.8, 4) is 0 Å². The molecular weight excluding hydrogens is 176 g/mol. The van der Waals surface area contributed by atoms with E-state index in [0.717, 1.165) is 19.7 Å². The fraction of sp³-hybridized carbons (Fsp3) is 1.00. The maximum absolute atomic E-state index is 5.14. The molecule has 0 aliphatic carbocycles. The van der Waals surface area contributed by atoms with Crippen LogP contribution in [0.25, 0.3) is 0 Å². The zero-order valence-corrected chi connectivity index (χ0v) is 9.97. The largest absolute Gasteiger partial charge is 0.383 e. The maximum atomic E-state index is 5.14. The molecule has 1 atom stereocenters. The summed E-state index contributed by atoms with van der Waals surface area (Å²) in [7, 11) is 1.77. The van der Waals surface area contributed by atoms with Crippen molar-refractivity contribution in [1.82, 2.24) is 10.2 Å². The van der Waals surface area contributed by atoms with Crippen molar-refractivity contribution in [2.75, 3.05) is 33.4 Å². The van der Waals surface area contributed by atoms with Crippen LogP contribution in [0, 0.1) is 0 Å². The SMILES string of the molecule is COCCN1CCC(C)NCC1(C)C. The summed E-state index contributed by atoms with van der Waals surface area (Å²) in [4.78, 5) is 2.52. The monoisotopic (exact) mass is 200 g/mol. The Kier molecular flexibility index (Phi) is 4.35. The van der Waals surface area contributed by atoms with Gasteiger partial charge in [-0.25, -0.2) is 0 Å². The van der Waals surface area contributed by atoms with Crippen LogP contribution in [0.3, 0.4) is 0 Å². The van der Waals surface area contributed by atoms with Crippen LogP contribution in [-0.4, -0.2) is 49.8 Å². The summed E-state index contributed by atoms with van der Waals surface area (Å²) in [5.74, 6) is 0. The topological polar surface area (TPSA) is 24.5 Å². The van der Waals surface area contributed by atoms with E-state index in [0.29, 0.717) is 6.04 Å². The highest BCUT2D eigenvalue weighted by Gasteiger charge is 2.29. The third kappa shape index (κ3) is 3.23. The van der Waals surface area contributed by atoms with E-state index in [2.05, 4.69) is 31.0 Å². The number of methoxy groups -OCH3 is 1. The Morgan fingerprint density at radius 1 is 1.50 bits per heavy atom. The minimum absolute atomic E-state index is 0.253. The van der Waals surface area contributed by atoms with Crippen molar-refractivity contribution < 1.29 is 4.74 Å². The van der Waals surface area contributed by atoms with Crippen molar-refractivity contribution in [2.45, 2.75) is 38.8 Å².